The number of aliphatic hydroxyl groups is 1. The molecule has 1 aromatic rings. The summed E-state index contributed by atoms with van der Waals surface area (Å²) in [5.74, 6) is -0.726. The molecule has 0 saturated carbocycles. The van der Waals surface area contributed by atoms with Crippen molar-refractivity contribution in [2.45, 2.75) is 26.1 Å². The molecule has 0 saturated heterocycles. The van der Waals surface area contributed by atoms with Gasteiger partial charge in [0, 0.05) is 5.56 Å². The molecule has 0 bridgehead atoms. The topological polar surface area (TPSA) is 66.8 Å². The van der Waals surface area contributed by atoms with E-state index < -0.39 is 18.2 Å². The number of hydrogen-bond donors (Lipinski definition) is 2. The van der Waals surface area contributed by atoms with Crippen LogP contribution in [0.2, 0.25) is 0 Å². The van der Waals surface area contributed by atoms with Gasteiger partial charge in [-0.3, -0.25) is 0 Å². The molecule has 0 fully saturated rings. The summed E-state index contributed by atoms with van der Waals surface area (Å²) in [6, 6.07) is 3.10. The third kappa shape index (κ3) is 1.37. The summed E-state index contributed by atoms with van der Waals surface area (Å²) in [6.07, 6.45) is -1.45. The molecule has 1 unspecified atom stereocenters. The van der Waals surface area contributed by atoms with E-state index in [-0.39, 0.29) is 11.3 Å². The minimum absolute atomic E-state index is 0.0839. The average Bonchev–Trinajstić information content (AvgIpc) is 2.18. The number of aryl methyl sites for hydroxylation is 1. The van der Waals surface area contributed by atoms with Crippen LogP contribution in [0.3, 0.4) is 0 Å². The van der Waals surface area contributed by atoms with Crippen molar-refractivity contribution in [3.8, 4) is 5.75 Å². The van der Waals surface area contributed by atoms with Crippen molar-refractivity contribution in [1.82, 2.24) is 0 Å². The van der Waals surface area contributed by atoms with Gasteiger partial charge < -0.3 is 14.9 Å². The Morgan fingerprint density at radius 3 is 2.73 bits per heavy atom. The molecule has 0 aromatic heterocycles. The Labute approximate surface area is 87.1 Å². The Kier molecular flexibility index (Phi) is 2.16. The van der Waals surface area contributed by atoms with E-state index in [1.165, 1.54) is 6.07 Å². The van der Waals surface area contributed by atoms with E-state index in [0.717, 1.165) is 5.56 Å². The summed E-state index contributed by atoms with van der Waals surface area (Å²) in [5, 5.41) is 19.4. The number of aromatic hydroxyl groups is 1. The SMILES string of the molecule is Cc1ccc(O)c2c1[C@@H](O)C(C)OC2=O. The molecule has 1 heterocycles. The summed E-state index contributed by atoms with van der Waals surface area (Å²) in [7, 11) is 0. The Balaban J connectivity index is 2.70. The monoisotopic (exact) mass is 208 g/mol. The van der Waals surface area contributed by atoms with Crippen molar-refractivity contribution in [2.75, 3.05) is 0 Å². The van der Waals surface area contributed by atoms with Crippen LogP contribution in [0.1, 0.15) is 34.5 Å². The Morgan fingerprint density at radius 1 is 1.40 bits per heavy atom. The molecule has 0 radical (unpaired) electrons. The molecule has 1 aliphatic rings. The van der Waals surface area contributed by atoms with E-state index in [0.29, 0.717) is 5.56 Å². The molecule has 1 aliphatic heterocycles. The first kappa shape index (κ1) is 9.98. The molecular weight excluding hydrogens is 196 g/mol. The molecular formula is C11H12O4. The van der Waals surface area contributed by atoms with Crippen LogP contribution in [0, 0.1) is 6.92 Å². The lowest BCUT2D eigenvalue weighted by Crippen LogP contribution is -2.30. The molecule has 0 amide bonds. The van der Waals surface area contributed by atoms with Gasteiger partial charge in [0.1, 0.15) is 23.5 Å². The first-order chi connectivity index (χ1) is 7.02. The predicted octanol–water partition coefficient (Wildman–Crippen LogP) is 1.29. The number of benzene rings is 1. The number of carbonyl (C=O) groups excluding carboxylic acids is 1. The van der Waals surface area contributed by atoms with Gasteiger partial charge in [-0.05, 0) is 25.5 Å². The normalized spacial score (nSPS) is 24.6. The summed E-state index contributed by atoms with van der Waals surface area (Å²) < 4.78 is 4.91. The van der Waals surface area contributed by atoms with Crippen molar-refractivity contribution in [3.05, 3.63) is 28.8 Å². The fraction of sp³-hybridized carbons (Fsp3) is 0.364. The van der Waals surface area contributed by atoms with Gasteiger partial charge in [0.05, 0.1) is 0 Å². The molecule has 15 heavy (non-hydrogen) atoms. The van der Waals surface area contributed by atoms with Crippen molar-refractivity contribution in [3.63, 3.8) is 0 Å². The predicted molar refractivity (Wildman–Crippen MR) is 52.7 cm³/mol. The number of esters is 1. The van der Waals surface area contributed by atoms with E-state index in [1.807, 2.05) is 0 Å². The largest absolute Gasteiger partial charge is 0.507 e. The van der Waals surface area contributed by atoms with Crippen LogP contribution in [-0.2, 0) is 4.74 Å². The molecule has 2 rings (SSSR count). The van der Waals surface area contributed by atoms with Crippen LogP contribution < -0.4 is 0 Å². The molecule has 4 heteroatoms. The summed E-state index contributed by atoms with van der Waals surface area (Å²) in [4.78, 5) is 11.5. The van der Waals surface area contributed by atoms with Crippen molar-refractivity contribution in [2.24, 2.45) is 0 Å². The number of rotatable bonds is 0. The zero-order chi connectivity index (χ0) is 11.2. The molecule has 0 spiro atoms. The number of phenolic OH excluding ortho intramolecular Hbond substituents is 1. The number of ether oxygens (including phenoxy) is 1. The number of cyclic esters (lactones) is 1. The van der Waals surface area contributed by atoms with E-state index in [1.54, 1.807) is 19.9 Å². The summed E-state index contributed by atoms with van der Waals surface area (Å²) in [5.41, 5.74) is 1.33. The fourth-order valence-electron chi connectivity index (χ4n) is 1.83. The summed E-state index contributed by atoms with van der Waals surface area (Å²) in [6.45, 7) is 3.40. The average molecular weight is 208 g/mol. The Morgan fingerprint density at radius 2 is 2.07 bits per heavy atom. The maximum Gasteiger partial charge on any atom is 0.342 e. The van der Waals surface area contributed by atoms with Crippen LogP contribution in [-0.4, -0.2) is 22.3 Å². The van der Waals surface area contributed by atoms with Gasteiger partial charge in [-0.25, -0.2) is 4.79 Å². The van der Waals surface area contributed by atoms with Gasteiger partial charge in [-0.15, -0.1) is 0 Å². The lowest BCUT2D eigenvalue weighted by atomic mass is 9.91. The third-order valence-corrected chi connectivity index (χ3v) is 2.68. The van der Waals surface area contributed by atoms with Gasteiger partial charge >= 0.3 is 5.97 Å². The zero-order valence-electron chi connectivity index (χ0n) is 8.52. The lowest BCUT2D eigenvalue weighted by molar-refractivity contribution is -0.0219. The highest BCUT2D eigenvalue weighted by atomic mass is 16.6. The van der Waals surface area contributed by atoms with E-state index >= 15 is 0 Å². The zero-order valence-corrected chi connectivity index (χ0v) is 8.52. The van der Waals surface area contributed by atoms with Crippen LogP contribution >= 0.6 is 0 Å². The third-order valence-electron chi connectivity index (χ3n) is 2.68. The van der Waals surface area contributed by atoms with E-state index in [9.17, 15) is 15.0 Å². The van der Waals surface area contributed by atoms with Crippen LogP contribution in [0.25, 0.3) is 0 Å². The molecule has 2 atom stereocenters. The van der Waals surface area contributed by atoms with E-state index in [2.05, 4.69) is 0 Å². The minimum Gasteiger partial charge on any atom is -0.507 e. The number of aliphatic hydroxyl groups excluding tert-OH is 1. The van der Waals surface area contributed by atoms with Crippen LogP contribution in [0.4, 0.5) is 0 Å². The smallest absolute Gasteiger partial charge is 0.342 e. The van der Waals surface area contributed by atoms with Crippen molar-refractivity contribution < 1.29 is 19.7 Å². The van der Waals surface area contributed by atoms with Gasteiger partial charge in [0.15, 0.2) is 0 Å². The molecule has 1 aromatic carbocycles. The fourth-order valence-corrected chi connectivity index (χ4v) is 1.83. The molecule has 2 N–H and O–H groups in total. The summed E-state index contributed by atoms with van der Waals surface area (Å²) >= 11 is 0. The van der Waals surface area contributed by atoms with Gasteiger partial charge in [0.25, 0.3) is 0 Å². The number of phenols is 1. The second kappa shape index (κ2) is 3.24. The van der Waals surface area contributed by atoms with Gasteiger partial charge in [-0.2, -0.15) is 0 Å². The van der Waals surface area contributed by atoms with Crippen molar-refractivity contribution in [1.29, 1.82) is 0 Å². The first-order valence-corrected chi connectivity index (χ1v) is 4.74. The van der Waals surface area contributed by atoms with Gasteiger partial charge in [-0.1, -0.05) is 6.07 Å². The van der Waals surface area contributed by atoms with Crippen molar-refractivity contribution >= 4 is 5.97 Å². The highest BCUT2D eigenvalue weighted by Crippen LogP contribution is 2.36. The molecule has 80 valence electrons. The second-order valence-electron chi connectivity index (χ2n) is 3.75. The number of fused-ring (bicyclic) bond motifs is 1. The Hall–Kier alpha value is -1.55. The lowest BCUT2D eigenvalue weighted by Gasteiger charge is -2.28. The highest BCUT2D eigenvalue weighted by Gasteiger charge is 2.34. The first-order valence-electron chi connectivity index (χ1n) is 4.74. The van der Waals surface area contributed by atoms with Crippen LogP contribution in [0.15, 0.2) is 12.1 Å². The van der Waals surface area contributed by atoms with Crippen LogP contribution in [0.5, 0.6) is 5.75 Å². The quantitative estimate of drug-likeness (QED) is 0.630. The molecule has 0 aliphatic carbocycles. The molecule has 4 nitrogen and oxygen atoms in total. The highest BCUT2D eigenvalue weighted by molar-refractivity contribution is 5.95. The standard InChI is InChI=1S/C11H12O4/c1-5-3-4-7(12)9-8(5)10(13)6(2)15-11(9)14/h3-4,6,10,12-13H,1-2H3/t6?,10-/m0/s1. The minimum atomic E-state index is -0.871. The van der Waals surface area contributed by atoms with Gasteiger partial charge in [0.2, 0.25) is 0 Å². The number of hydrogen-bond acceptors (Lipinski definition) is 4. The second-order valence-corrected chi connectivity index (χ2v) is 3.75. The van der Waals surface area contributed by atoms with E-state index in [4.69, 9.17) is 4.74 Å². The Bertz CT molecular complexity index is 425. The number of carbonyl (C=O) groups is 1. The maximum absolute atomic E-state index is 11.5. The maximum atomic E-state index is 11.5.